The van der Waals surface area contributed by atoms with E-state index in [0.717, 1.165) is 24.3 Å². The van der Waals surface area contributed by atoms with Gasteiger partial charge in [0.05, 0.1) is 0 Å². The van der Waals surface area contributed by atoms with E-state index in [4.69, 9.17) is 0 Å². The van der Waals surface area contributed by atoms with E-state index in [1.54, 1.807) is 0 Å². The zero-order valence-corrected chi connectivity index (χ0v) is 14.2. The average Bonchev–Trinajstić information content (AvgIpc) is 3.16. The molecule has 126 valence electrons. The van der Waals surface area contributed by atoms with Crippen molar-refractivity contribution in [2.75, 3.05) is 29.9 Å². The fourth-order valence-electron chi connectivity index (χ4n) is 3.06. The number of nitrogens with one attached hydrogen (secondary N) is 1. The third kappa shape index (κ3) is 4.07. The third-order valence-corrected chi connectivity index (χ3v) is 4.47. The van der Waals surface area contributed by atoms with Gasteiger partial charge in [-0.15, -0.1) is 0 Å². The lowest BCUT2D eigenvalue weighted by Gasteiger charge is -2.22. The van der Waals surface area contributed by atoms with Crippen LogP contribution in [0.1, 0.15) is 25.3 Å². The number of amides is 2. The molecule has 1 N–H and O–H groups in total. The minimum Gasteiger partial charge on any atom is -0.372 e. The van der Waals surface area contributed by atoms with E-state index in [-0.39, 0.29) is 6.03 Å². The maximum atomic E-state index is 12.5. The molecule has 1 saturated heterocycles. The number of hydrogen-bond donors (Lipinski definition) is 1. The molecule has 4 nitrogen and oxygen atoms in total. The molecule has 3 rings (SSSR count). The van der Waals surface area contributed by atoms with Crippen molar-refractivity contribution in [2.45, 2.75) is 26.3 Å². The Balaban J connectivity index is 1.60. The molecule has 0 unspecified atom stereocenters. The van der Waals surface area contributed by atoms with Gasteiger partial charge in [-0.2, -0.15) is 0 Å². The first-order chi connectivity index (χ1) is 11.8. The highest BCUT2D eigenvalue weighted by Crippen LogP contribution is 2.22. The molecule has 24 heavy (non-hydrogen) atoms. The normalized spacial score (nSPS) is 13.8. The van der Waals surface area contributed by atoms with E-state index in [9.17, 15) is 4.79 Å². The van der Waals surface area contributed by atoms with Crippen LogP contribution in [-0.2, 0) is 6.54 Å². The molecule has 0 saturated carbocycles. The van der Waals surface area contributed by atoms with Gasteiger partial charge in [0.25, 0.3) is 0 Å². The zero-order chi connectivity index (χ0) is 16.8. The zero-order valence-electron chi connectivity index (χ0n) is 14.2. The summed E-state index contributed by atoms with van der Waals surface area (Å²) >= 11 is 0. The molecule has 0 spiro atoms. The second kappa shape index (κ2) is 7.86. The first kappa shape index (κ1) is 16.4. The van der Waals surface area contributed by atoms with Crippen molar-refractivity contribution < 1.29 is 4.79 Å². The Kier molecular flexibility index (Phi) is 5.36. The molecule has 2 aromatic rings. The van der Waals surface area contributed by atoms with E-state index in [0.29, 0.717) is 13.1 Å². The molecule has 4 heteroatoms. The van der Waals surface area contributed by atoms with Crippen molar-refractivity contribution in [2.24, 2.45) is 0 Å². The fourth-order valence-corrected chi connectivity index (χ4v) is 3.06. The van der Waals surface area contributed by atoms with Crippen molar-refractivity contribution >= 4 is 17.4 Å². The fraction of sp³-hybridized carbons (Fsp3) is 0.350. The summed E-state index contributed by atoms with van der Waals surface area (Å²) in [5.41, 5.74) is 3.22. The number of carbonyl (C=O) groups is 1. The summed E-state index contributed by atoms with van der Waals surface area (Å²) in [4.78, 5) is 16.7. The second-order valence-corrected chi connectivity index (χ2v) is 6.17. The summed E-state index contributed by atoms with van der Waals surface area (Å²) in [6.45, 7) is 5.55. The van der Waals surface area contributed by atoms with Gasteiger partial charge >= 0.3 is 6.03 Å². The molecule has 0 atom stereocenters. The number of hydrogen-bond acceptors (Lipinski definition) is 2. The summed E-state index contributed by atoms with van der Waals surface area (Å²) in [6.07, 6.45) is 2.53. The largest absolute Gasteiger partial charge is 0.372 e. The van der Waals surface area contributed by atoms with Gasteiger partial charge in [-0.25, -0.2) is 4.79 Å². The highest BCUT2D eigenvalue weighted by atomic mass is 16.2. The van der Waals surface area contributed by atoms with Crippen LogP contribution >= 0.6 is 0 Å². The molecule has 0 bridgehead atoms. The lowest BCUT2D eigenvalue weighted by atomic mass is 10.2. The number of urea groups is 1. The van der Waals surface area contributed by atoms with Crippen molar-refractivity contribution in [1.82, 2.24) is 4.90 Å². The van der Waals surface area contributed by atoms with Crippen LogP contribution in [0.4, 0.5) is 16.2 Å². The standard InChI is InChI=1S/C20H25N3O/c1-2-22(16-17-8-4-3-5-9-17)20(24)21-18-10-12-19(13-11-18)23-14-6-7-15-23/h3-5,8-13H,2,6-7,14-16H2,1H3,(H,21,24). The van der Waals surface area contributed by atoms with Crippen LogP contribution in [0.5, 0.6) is 0 Å². The van der Waals surface area contributed by atoms with E-state index in [1.165, 1.54) is 18.5 Å². The SMILES string of the molecule is CCN(Cc1ccccc1)C(=O)Nc1ccc(N2CCCC2)cc1. The van der Waals surface area contributed by atoms with Gasteiger partial charge in [0.2, 0.25) is 0 Å². The third-order valence-electron chi connectivity index (χ3n) is 4.47. The van der Waals surface area contributed by atoms with Gasteiger partial charge in [0.15, 0.2) is 0 Å². The van der Waals surface area contributed by atoms with Crippen LogP contribution in [0.3, 0.4) is 0 Å². The highest BCUT2D eigenvalue weighted by Gasteiger charge is 2.14. The summed E-state index contributed by atoms with van der Waals surface area (Å²) in [7, 11) is 0. The number of benzene rings is 2. The molecule has 0 aliphatic carbocycles. The van der Waals surface area contributed by atoms with Crippen molar-refractivity contribution in [3.05, 3.63) is 60.2 Å². The Labute approximate surface area is 144 Å². The monoisotopic (exact) mass is 323 g/mol. The quantitative estimate of drug-likeness (QED) is 0.888. The van der Waals surface area contributed by atoms with E-state index in [2.05, 4.69) is 22.3 Å². The molecule has 1 aliphatic rings. The first-order valence-corrected chi connectivity index (χ1v) is 8.71. The number of nitrogens with zero attached hydrogens (tertiary/aromatic N) is 2. The Hall–Kier alpha value is -2.49. The minimum atomic E-state index is -0.0599. The Morgan fingerprint density at radius 1 is 1.04 bits per heavy atom. The van der Waals surface area contributed by atoms with Crippen molar-refractivity contribution in [3.8, 4) is 0 Å². The molecule has 0 radical (unpaired) electrons. The number of anilines is 2. The molecule has 0 aromatic heterocycles. The highest BCUT2D eigenvalue weighted by molar-refractivity contribution is 5.89. The molecular weight excluding hydrogens is 298 g/mol. The Bertz CT molecular complexity index is 648. The Morgan fingerprint density at radius 3 is 2.33 bits per heavy atom. The van der Waals surface area contributed by atoms with Crippen LogP contribution in [0, 0.1) is 0 Å². The second-order valence-electron chi connectivity index (χ2n) is 6.17. The summed E-state index contributed by atoms with van der Waals surface area (Å²) in [5.74, 6) is 0. The molecular formula is C20H25N3O. The maximum absolute atomic E-state index is 12.5. The van der Waals surface area contributed by atoms with Gasteiger partial charge in [-0.05, 0) is 49.6 Å². The van der Waals surface area contributed by atoms with Crippen LogP contribution in [0.15, 0.2) is 54.6 Å². The predicted octanol–water partition coefficient (Wildman–Crippen LogP) is 4.34. The number of carbonyl (C=O) groups excluding carboxylic acids is 1. The van der Waals surface area contributed by atoms with Crippen LogP contribution in [-0.4, -0.2) is 30.6 Å². The lowest BCUT2D eigenvalue weighted by Crippen LogP contribution is -2.34. The molecule has 2 amide bonds. The van der Waals surface area contributed by atoms with Crippen LogP contribution in [0.25, 0.3) is 0 Å². The molecule has 2 aromatic carbocycles. The summed E-state index contributed by atoms with van der Waals surface area (Å²) < 4.78 is 0. The van der Waals surface area contributed by atoms with Gasteiger partial charge in [0.1, 0.15) is 0 Å². The predicted molar refractivity (Wildman–Crippen MR) is 99.4 cm³/mol. The van der Waals surface area contributed by atoms with E-state index in [1.807, 2.05) is 54.3 Å². The van der Waals surface area contributed by atoms with Gasteiger partial charge < -0.3 is 15.1 Å². The first-order valence-electron chi connectivity index (χ1n) is 8.71. The molecule has 1 fully saturated rings. The van der Waals surface area contributed by atoms with Gasteiger partial charge in [-0.1, -0.05) is 30.3 Å². The van der Waals surface area contributed by atoms with Crippen LogP contribution < -0.4 is 10.2 Å². The maximum Gasteiger partial charge on any atom is 0.322 e. The Morgan fingerprint density at radius 2 is 1.71 bits per heavy atom. The lowest BCUT2D eigenvalue weighted by molar-refractivity contribution is 0.212. The van der Waals surface area contributed by atoms with Gasteiger partial charge in [0, 0.05) is 37.6 Å². The summed E-state index contributed by atoms with van der Waals surface area (Å²) in [6, 6.07) is 18.2. The topological polar surface area (TPSA) is 35.6 Å². The minimum absolute atomic E-state index is 0.0599. The molecule has 1 aliphatic heterocycles. The van der Waals surface area contributed by atoms with Crippen molar-refractivity contribution in [1.29, 1.82) is 0 Å². The average molecular weight is 323 g/mol. The van der Waals surface area contributed by atoms with Crippen molar-refractivity contribution in [3.63, 3.8) is 0 Å². The molecule has 1 heterocycles. The summed E-state index contributed by atoms with van der Waals surface area (Å²) in [5, 5.41) is 3.00. The smallest absolute Gasteiger partial charge is 0.322 e. The van der Waals surface area contributed by atoms with E-state index >= 15 is 0 Å². The van der Waals surface area contributed by atoms with E-state index < -0.39 is 0 Å². The van der Waals surface area contributed by atoms with Crippen LogP contribution in [0.2, 0.25) is 0 Å². The van der Waals surface area contributed by atoms with Gasteiger partial charge in [-0.3, -0.25) is 0 Å². The number of rotatable bonds is 5.